The molecule has 3 heteroatoms. The SMILES string of the molecule is CC(C)(C)C1(CO)CC(F)(F)C1. The van der Waals surface area contributed by atoms with Gasteiger partial charge in [0, 0.05) is 24.9 Å². The van der Waals surface area contributed by atoms with Crippen LogP contribution in [0.4, 0.5) is 8.78 Å². The van der Waals surface area contributed by atoms with E-state index >= 15 is 0 Å². The number of aliphatic hydroxyl groups excluding tert-OH is 1. The van der Waals surface area contributed by atoms with Crippen LogP contribution in [0.25, 0.3) is 0 Å². The molecule has 0 aliphatic heterocycles. The number of aliphatic hydroxyl groups is 1. The third-order valence-electron chi connectivity index (χ3n) is 3.09. The predicted molar refractivity (Wildman–Crippen MR) is 43.2 cm³/mol. The summed E-state index contributed by atoms with van der Waals surface area (Å²) in [7, 11) is 0. The number of rotatable bonds is 1. The maximum atomic E-state index is 12.6. The summed E-state index contributed by atoms with van der Waals surface area (Å²) in [6.45, 7) is 5.57. The van der Waals surface area contributed by atoms with Crippen molar-refractivity contribution in [1.29, 1.82) is 0 Å². The molecule has 0 heterocycles. The summed E-state index contributed by atoms with van der Waals surface area (Å²) in [4.78, 5) is 0. The van der Waals surface area contributed by atoms with Crippen molar-refractivity contribution in [2.24, 2.45) is 10.8 Å². The van der Waals surface area contributed by atoms with Crippen molar-refractivity contribution in [2.45, 2.75) is 39.5 Å². The second-order valence-electron chi connectivity index (χ2n) is 4.90. The molecule has 0 amide bonds. The molecule has 1 N–H and O–H groups in total. The number of hydrogen-bond donors (Lipinski definition) is 1. The van der Waals surface area contributed by atoms with Gasteiger partial charge in [-0.1, -0.05) is 20.8 Å². The molecule has 1 nitrogen and oxygen atoms in total. The smallest absolute Gasteiger partial charge is 0.249 e. The highest BCUT2D eigenvalue weighted by atomic mass is 19.3. The van der Waals surface area contributed by atoms with Crippen molar-refractivity contribution in [3.05, 3.63) is 0 Å². The number of hydrogen-bond acceptors (Lipinski definition) is 1. The van der Waals surface area contributed by atoms with Crippen LogP contribution >= 0.6 is 0 Å². The Balaban J connectivity index is 2.72. The first-order chi connectivity index (χ1) is 5.22. The molecule has 1 saturated carbocycles. The average Bonchev–Trinajstić information content (AvgIpc) is 1.78. The van der Waals surface area contributed by atoms with Crippen molar-refractivity contribution in [3.8, 4) is 0 Å². The molecule has 1 aliphatic rings. The fourth-order valence-corrected chi connectivity index (χ4v) is 1.82. The van der Waals surface area contributed by atoms with Gasteiger partial charge in [-0.15, -0.1) is 0 Å². The van der Waals surface area contributed by atoms with E-state index in [0.29, 0.717) is 0 Å². The Bertz CT molecular complexity index is 173. The van der Waals surface area contributed by atoms with Crippen LogP contribution in [0.2, 0.25) is 0 Å². The summed E-state index contributed by atoms with van der Waals surface area (Å²) >= 11 is 0. The molecule has 0 spiro atoms. The first-order valence-electron chi connectivity index (χ1n) is 4.21. The summed E-state index contributed by atoms with van der Waals surface area (Å²) in [5, 5.41) is 9.07. The molecule has 0 bridgehead atoms. The summed E-state index contributed by atoms with van der Waals surface area (Å²) < 4.78 is 25.3. The minimum Gasteiger partial charge on any atom is -0.396 e. The Morgan fingerprint density at radius 1 is 1.25 bits per heavy atom. The van der Waals surface area contributed by atoms with Gasteiger partial charge in [-0.3, -0.25) is 0 Å². The maximum Gasteiger partial charge on any atom is 0.249 e. The Morgan fingerprint density at radius 2 is 1.67 bits per heavy atom. The lowest BCUT2D eigenvalue weighted by Gasteiger charge is -2.54. The Morgan fingerprint density at radius 3 is 1.75 bits per heavy atom. The van der Waals surface area contributed by atoms with E-state index < -0.39 is 11.3 Å². The molecule has 0 aromatic heterocycles. The van der Waals surface area contributed by atoms with Crippen LogP contribution in [0.15, 0.2) is 0 Å². The van der Waals surface area contributed by atoms with E-state index in [1.807, 2.05) is 20.8 Å². The zero-order chi connectivity index (χ0) is 9.62. The second-order valence-corrected chi connectivity index (χ2v) is 4.90. The van der Waals surface area contributed by atoms with Crippen LogP contribution in [0.1, 0.15) is 33.6 Å². The first-order valence-corrected chi connectivity index (χ1v) is 4.21. The quantitative estimate of drug-likeness (QED) is 0.653. The normalized spacial score (nSPS) is 26.5. The van der Waals surface area contributed by atoms with Crippen molar-refractivity contribution in [2.75, 3.05) is 6.61 Å². The van der Waals surface area contributed by atoms with Gasteiger partial charge >= 0.3 is 0 Å². The highest BCUT2D eigenvalue weighted by Crippen LogP contribution is 2.60. The molecular formula is C9H16F2O. The summed E-state index contributed by atoms with van der Waals surface area (Å²) in [5.74, 6) is -2.55. The first kappa shape index (κ1) is 9.90. The zero-order valence-corrected chi connectivity index (χ0v) is 7.82. The topological polar surface area (TPSA) is 20.2 Å². The molecule has 0 aromatic rings. The predicted octanol–water partition coefficient (Wildman–Crippen LogP) is 2.44. The lowest BCUT2D eigenvalue weighted by Crippen LogP contribution is -2.55. The van der Waals surface area contributed by atoms with Gasteiger partial charge in [0.1, 0.15) is 0 Å². The van der Waals surface area contributed by atoms with E-state index in [4.69, 9.17) is 5.11 Å². The Kier molecular flexibility index (Phi) is 1.99. The zero-order valence-electron chi connectivity index (χ0n) is 7.82. The molecule has 0 atom stereocenters. The molecule has 1 aliphatic carbocycles. The maximum absolute atomic E-state index is 12.6. The molecule has 0 saturated heterocycles. The number of halogens is 2. The van der Waals surface area contributed by atoms with E-state index in [9.17, 15) is 8.78 Å². The Labute approximate surface area is 71.8 Å². The minimum atomic E-state index is -2.55. The van der Waals surface area contributed by atoms with Crippen LogP contribution in [0.3, 0.4) is 0 Å². The molecular weight excluding hydrogens is 162 g/mol. The van der Waals surface area contributed by atoms with E-state index in [-0.39, 0.29) is 24.9 Å². The van der Waals surface area contributed by atoms with E-state index in [0.717, 1.165) is 0 Å². The molecule has 1 fully saturated rings. The van der Waals surface area contributed by atoms with Gasteiger partial charge in [0.25, 0.3) is 0 Å². The molecule has 72 valence electrons. The highest BCUT2D eigenvalue weighted by molar-refractivity contribution is 5.04. The minimum absolute atomic E-state index is 0.133. The van der Waals surface area contributed by atoms with E-state index in [1.165, 1.54) is 0 Å². The van der Waals surface area contributed by atoms with Crippen LogP contribution in [-0.4, -0.2) is 17.6 Å². The Hall–Kier alpha value is -0.180. The molecule has 12 heavy (non-hydrogen) atoms. The van der Waals surface area contributed by atoms with Crippen molar-refractivity contribution < 1.29 is 13.9 Å². The second kappa shape index (κ2) is 2.41. The third kappa shape index (κ3) is 1.35. The fourth-order valence-electron chi connectivity index (χ4n) is 1.82. The van der Waals surface area contributed by atoms with Crippen LogP contribution in [0.5, 0.6) is 0 Å². The van der Waals surface area contributed by atoms with Crippen LogP contribution in [0, 0.1) is 10.8 Å². The summed E-state index contributed by atoms with van der Waals surface area (Å²) in [6, 6.07) is 0. The largest absolute Gasteiger partial charge is 0.396 e. The van der Waals surface area contributed by atoms with Gasteiger partial charge in [0.15, 0.2) is 0 Å². The average molecular weight is 178 g/mol. The summed E-state index contributed by atoms with van der Waals surface area (Å²) in [5.41, 5.74) is -0.792. The molecule has 1 rings (SSSR count). The van der Waals surface area contributed by atoms with Crippen LogP contribution in [-0.2, 0) is 0 Å². The van der Waals surface area contributed by atoms with Gasteiger partial charge in [-0.25, -0.2) is 8.78 Å². The van der Waals surface area contributed by atoms with E-state index in [2.05, 4.69) is 0 Å². The van der Waals surface area contributed by atoms with Gasteiger partial charge in [-0.2, -0.15) is 0 Å². The standard InChI is InChI=1S/C9H16F2O/c1-7(2,3)8(6-12)4-9(10,11)5-8/h12H,4-6H2,1-3H3. The van der Waals surface area contributed by atoms with Crippen molar-refractivity contribution in [3.63, 3.8) is 0 Å². The number of alkyl halides is 2. The van der Waals surface area contributed by atoms with Gasteiger partial charge in [-0.05, 0) is 5.41 Å². The summed E-state index contributed by atoms with van der Waals surface area (Å²) in [6.07, 6.45) is -0.333. The fraction of sp³-hybridized carbons (Fsp3) is 1.00. The van der Waals surface area contributed by atoms with Gasteiger partial charge in [0.05, 0.1) is 0 Å². The highest BCUT2D eigenvalue weighted by Gasteiger charge is 2.61. The van der Waals surface area contributed by atoms with Gasteiger partial charge < -0.3 is 5.11 Å². The lowest BCUT2D eigenvalue weighted by atomic mass is 9.54. The molecule has 0 aromatic carbocycles. The van der Waals surface area contributed by atoms with Gasteiger partial charge in [0.2, 0.25) is 5.92 Å². The van der Waals surface area contributed by atoms with Crippen molar-refractivity contribution in [1.82, 2.24) is 0 Å². The third-order valence-corrected chi connectivity index (χ3v) is 3.09. The van der Waals surface area contributed by atoms with Crippen LogP contribution < -0.4 is 0 Å². The monoisotopic (exact) mass is 178 g/mol. The molecule has 0 unspecified atom stereocenters. The molecule has 0 radical (unpaired) electrons. The van der Waals surface area contributed by atoms with E-state index in [1.54, 1.807) is 0 Å². The van der Waals surface area contributed by atoms with Crippen molar-refractivity contribution >= 4 is 0 Å². The lowest BCUT2D eigenvalue weighted by molar-refractivity contribution is -0.215.